The number of amides is 1. The summed E-state index contributed by atoms with van der Waals surface area (Å²) in [6, 6.07) is 7.25. The van der Waals surface area contributed by atoms with Gasteiger partial charge in [0.15, 0.2) is 15.4 Å². The molecule has 0 fully saturated rings. The van der Waals surface area contributed by atoms with E-state index in [2.05, 4.69) is 0 Å². The number of nitriles is 1. The van der Waals surface area contributed by atoms with E-state index in [0.717, 1.165) is 11.2 Å². The average Bonchev–Trinajstić information content (AvgIpc) is 2.38. The van der Waals surface area contributed by atoms with Gasteiger partial charge in [0.05, 0.1) is 4.90 Å². The van der Waals surface area contributed by atoms with Gasteiger partial charge in [-0.25, -0.2) is 8.42 Å². The molecule has 7 heteroatoms. The zero-order valence-corrected chi connectivity index (χ0v) is 12.1. The Morgan fingerprint density at radius 2 is 1.85 bits per heavy atom. The van der Waals surface area contributed by atoms with Gasteiger partial charge in [0.1, 0.15) is 11.8 Å². The molecule has 0 aliphatic heterocycles. The second kappa shape index (κ2) is 5.75. The number of aliphatic hydroxyl groups is 1. The van der Waals surface area contributed by atoms with Crippen LogP contribution in [0.25, 0.3) is 5.76 Å². The van der Waals surface area contributed by atoms with Crippen molar-refractivity contribution in [2.75, 3.05) is 20.4 Å². The summed E-state index contributed by atoms with van der Waals surface area (Å²) in [5.74, 6) is -1.35. The van der Waals surface area contributed by atoms with Crippen LogP contribution in [0.3, 0.4) is 0 Å². The van der Waals surface area contributed by atoms with Gasteiger partial charge in [-0.1, -0.05) is 12.1 Å². The van der Waals surface area contributed by atoms with Crippen molar-refractivity contribution in [2.24, 2.45) is 0 Å². The maximum Gasteiger partial charge on any atom is 0.267 e. The van der Waals surface area contributed by atoms with E-state index in [9.17, 15) is 18.3 Å². The molecule has 0 radical (unpaired) electrons. The largest absolute Gasteiger partial charge is 0.506 e. The fourth-order valence-corrected chi connectivity index (χ4v) is 2.44. The fourth-order valence-electron chi connectivity index (χ4n) is 1.55. The standard InChI is InChI=1S/C13H14N2O4S/c1-15(2)13(17)10(8-14)12(16)9-6-4-5-7-11(9)20(3,18)19/h4-7,16H,1-3H3/b12-10-. The summed E-state index contributed by atoms with van der Waals surface area (Å²) in [4.78, 5) is 12.8. The molecule has 0 atom stereocenters. The van der Waals surface area contributed by atoms with Gasteiger partial charge >= 0.3 is 0 Å². The Morgan fingerprint density at radius 3 is 2.30 bits per heavy atom. The fraction of sp³-hybridized carbons (Fsp3) is 0.231. The van der Waals surface area contributed by atoms with E-state index in [4.69, 9.17) is 5.26 Å². The van der Waals surface area contributed by atoms with Crippen LogP contribution in [0.1, 0.15) is 5.56 Å². The number of likely N-dealkylation sites (N-methyl/N-ethyl adjacent to an activating group) is 1. The number of carbonyl (C=O) groups excluding carboxylic acids is 1. The lowest BCUT2D eigenvalue weighted by Crippen LogP contribution is -2.24. The van der Waals surface area contributed by atoms with Crippen molar-refractivity contribution < 1.29 is 18.3 Å². The molecule has 0 aromatic heterocycles. The van der Waals surface area contributed by atoms with Crippen molar-refractivity contribution in [1.29, 1.82) is 5.26 Å². The molecule has 0 spiro atoms. The van der Waals surface area contributed by atoms with Crippen LogP contribution < -0.4 is 0 Å². The first-order chi connectivity index (χ1) is 9.20. The summed E-state index contributed by atoms with van der Waals surface area (Å²) in [6.45, 7) is 0. The maximum atomic E-state index is 11.8. The van der Waals surface area contributed by atoms with Gasteiger partial charge in [-0.3, -0.25) is 4.79 Å². The van der Waals surface area contributed by atoms with Gasteiger partial charge in [-0.05, 0) is 12.1 Å². The van der Waals surface area contributed by atoms with Crippen LogP contribution >= 0.6 is 0 Å². The molecule has 1 amide bonds. The Hall–Kier alpha value is -2.33. The minimum Gasteiger partial charge on any atom is -0.506 e. The molecule has 6 nitrogen and oxygen atoms in total. The topological polar surface area (TPSA) is 98.5 Å². The molecule has 0 heterocycles. The molecular formula is C13H14N2O4S. The van der Waals surface area contributed by atoms with Gasteiger partial charge in [0.2, 0.25) is 0 Å². The van der Waals surface area contributed by atoms with Crippen LogP contribution in [0.2, 0.25) is 0 Å². The molecule has 0 bridgehead atoms. The molecule has 0 aliphatic rings. The third-order valence-corrected chi connectivity index (χ3v) is 3.67. The van der Waals surface area contributed by atoms with E-state index in [1.165, 1.54) is 38.4 Å². The number of aliphatic hydroxyl groups excluding tert-OH is 1. The average molecular weight is 294 g/mol. The minimum absolute atomic E-state index is 0.0678. The highest BCUT2D eigenvalue weighted by atomic mass is 32.2. The molecule has 1 rings (SSSR count). The van der Waals surface area contributed by atoms with Crippen LogP contribution in [-0.4, -0.2) is 44.7 Å². The first-order valence-electron chi connectivity index (χ1n) is 5.54. The number of hydrogen-bond donors (Lipinski definition) is 1. The van der Waals surface area contributed by atoms with Gasteiger partial charge in [-0.2, -0.15) is 5.26 Å². The van der Waals surface area contributed by atoms with Gasteiger partial charge < -0.3 is 10.0 Å². The molecule has 1 aromatic carbocycles. The van der Waals surface area contributed by atoms with Crippen LogP contribution in [-0.2, 0) is 14.6 Å². The van der Waals surface area contributed by atoms with Crippen molar-refractivity contribution in [3.05, 3.63) is 35.4 Å². The summed E-state index contributed by atoms with van der Waals surface area (Å²) in [6.07, 6.45) is 0.985. The number of sulfone groups is 1. The van der Waals surface area contributed by atoms with E-state index >= 15 is 0 Å². The van der Waals surface area contributed by atoms with Crippen LogP contribution in [0.15, 0.2) is 34.7 Å². The smallest absolute Gasteiger partial charge is 0.267 e. The Balaban J connectivity index is 3.60. The zero-order valence-electron chi connectivity index (χ0n) is 11.3. The van der Waals surface area contributed by atoms with Crippen molar-refractivity contribution >= 4 is 21.5 Å². The first-order valence-corrected chi connectivity index (χ1v) is 7.43. The van der Waals surface area contributed by atoms with Crippen LogP contribution in [0.4, 0.5) is 0 Å². The lowest BCUT2D eigenvalue weighted by Gasteiger charge is -2.12. The highest BCUT2D eigenvalue weighted by Gasteiger charge is 2.22. The highest BCUT2D eigenvalue weighted by molar-refractivity contribution is 7.90. The van der Waals surface area contributed by atoms with E-state index in [0.29, 0.717) is 0 Å². The molecule has 0 unspecified atom stereocenters. The summed E-state index contributed by atoms with van der Waals surface area (Å²) in [7, 11) is -0.743. The van der Waals surface area contributed by atoms with Gasteiger partial charge in [0, 0.05) is 25.9 Å². The Bertz CT molecular complexity index is 712. The summed E-state index contributed by atoms with van der Waals surface area (Å²) in [5.41, 5.74) is -0.576. The summed E-state index contributed by atoms with van der Waals surface area (Å²) in [5, 5.41) is 19.1. The van der Waals surface area contributed by atoms with Gasteiger partial charge in [0.25, 0.3) is 5.91 Å². The van der Waals surface area contributed by atoms with E-state index in [-0.39, 0.29) is 10.5 Å². The normalized spacial score (nSPS) is 12.3. The monoisotopic (exact) mass is 294 g/mol. The van der Waals surface area contributed by atoms with E-state index < -0.39 is 27.1 Å². The van der Waals surface area contributed by atoms with E-state index in [1.54, 1.807) is 6.07 Å². The van der Waals surface area contributed by atoms with Gasteiger partial charge in [-0.15, -0.1) is 0 Å². The zero-order chi connectivity index (χ0) is 15.5. The second-order valence-electron chi connectivity index (χ2n) is 4.30. The summed E-state index contributed by atoms with van der Waals surface area (Å²) >= 11 is 0. The van der Waals surface area contributed by atoms with E-state index in [1.807, 2.05) is 0 Å². The Kier molecular flexibility index (Phi) is 4.53. The third-order valence-electron chi connectivity index (χ3n) is 2.51. The maximum absolute atomic E-state index is 11.8. The predicted molar refractivity (Wildman–Crippen MR) is 73.4 cm³/mol. The molecular weight excluding hydrogens is 280 g/mol. The SMILES string of the molecule is CN(C)C(=O)/C(C#N)=C(\O)c1ccccc1S(C)(=O)=O. The number of nitrogens with zero attached hydrogens (tertiary/aromatic N) is 2. The molecule has 1 aromatic rings. The van der Waals surface area contributed by atoms with Crippen LogP contribution in [0, 0.1) is 11.3 Å². The molecule has 106 valence electrons. The number of rotatable bonds is 3. The second-order valence-corrected chi connectivity index (χ2v) is 6.29. The third kappa shape index (κ3) is 3.16. The Labute approximate surface area is 117 Å². The quantitative estimate of drug-likeness (QED) is 0.509. The highest BCUT2D eigenvalue weighted by Crippen LogP contribution is 2.24. The number of hydrogen-bond acceptors (Lipinski definition) is 5. The number of carbonyl (C=O) groups is 1. The number of benzene rings is 1. The first kappa shape index (κ1) is 15.7. The lowest BCUT2D eigenvalue weighted by molar-refractivity contribution is -0.124. The molecule has 0 aliphatic carbocycles. The Morgan fingerprint density at radius 1 is 1.30 bits per heavy atom. The van der Waals surface area contributed by atoms with Crippen molar-refractivity contribution in [3.8, 4) is 6.07 Å². The molecule has 0 saturated heterocycles. The predicted octanol–water partition coefficient (Wildman–Crippen LogP) is 0.971. The lowest BCUT2D eigenvalue weighted by atomic mass is 10.1. The van der Waals surface area contributed by atoms with Crippen molar-refractivity contribution in [2.45, 2.75) is 4.90 Å². The van der Waals surface area contributed by atoms with Crippen molar-refractivity contribution in [1.82, 2.24) is 4.90 Å². The molecule has 0 saturated carbocycles. The van der Waals surface area contributed by atoms with Crippen LogP contribution in [0.5, 0.6) is 0 Å². The molecule has 20 heavy (non-hydrogen) atoms. The minimum atomic E-state index is -3.59. The van der Waals surface area contributed by atoms with Crippen molar-refractivity contribution in [3.63, 3.8) is 0 Å². The summed E-state index contributed by atoms with van der Waals surface area (Å²) < 4.78 is 23.3. The molecule has 1 N–H and O–H groups in total.